The van der Waals surface area contributed by atoms with Crippen LogP contribution in [0, 0.1) is 0 Å². The van der Waals surface area contributed by atoms with Crippen LogP contribution in [-0.2, 0) is 6.42 Å². The molecule has 6 heteroatoms. The zero-order chi connectivity index (χ0) is 22.1. The first-order valence-corrected chi connectivity index (χ1v) is 11.1. The summed E-state index contributed by atoms with van der Waals surface area (Å²) in [7, 11) is 0. The molecule has 0 amide bonds. The van der Waals surface area contributed by atoms with Crippen molar-refractivity contribution in [3.05, 3.63) is 72.6 Å². The molecule has 2 aromatic heterocycles. The maximum absolute atomic E-state index is 9.96. The monoisotopic (exact) mass is 444 g/mol. The van der Waals surface area contributed by atoms with Crippen molar-refractivity contribution in [1.29, 1.82) is 0 Å². The Morgan fingerprint density at radius 1 is 1.03 bits per heavy atom. The highest BCUT2D eigenvalue weighted by atomic mass is 16.3. The summed E-state index contributed by atoms with van der Waals surface area (Å²) in [5.41, 5.74) is 11.9. The smallest absolute Gasteiger partial charge is 0.147 e. The van der Waals surface area contributed by atoms with Crippen LogP contribution in [0.1, 0.15) is 25.8 Å². The third kappa shape index (κ3) is 4.72. The van der Waals surface area contributed by atoms with Crippen molar-refractivity contribution in [3.63, 3.8) is 0 Å². The Morgan fingerprint density at radius 3 is 2.52 bits per heavy atom. The lowest BCUT2D eigenvalue weighted by atomic mass is 10.0. The molecule has 3 heterocycles. The van der Waals surface area contributed by atoms with Crippen molar-refractivity contribution in [3.8, 4) is 22.6 Å². The maximum atomic E-state index is 9.96. The van der Waals surface area contributed by atoms with Crippen molar-refractivity contribution in [2.75, 3.05) is 25.4 Å². The van der Waals surface area contributed by atoms with Crippen molar-refractivity contribution in [1.82, 2.24) is 14.5 Å². The van der Waals surface area contributed by atoms with Gasteiger partial charge < -0.3 is 25.4 Å². The van der Waals surface area contributed by atoms with Crippen molar-refractivity contribution < 1.29 is 10.2 Å². The zero-order valence-electron chi connectivity index (χ0n) is 18.0. The molecule has 0 saturated carbocycles. The minimum atomic E-state index is -0.130. The van der Waals surface area contributed by atoms with Gasteiger partial charge in [0.2, 0.25) is 0 Å². The number of aliphatic hydroxyl groups is 1. The van der Waals surface area contributed by atoms with E-state index in [1.54, 1.807) is 18.3 Å². The third-order valence-corrected chi connectivity index (χ3v) is 6.36. The fraction of sp³-hybridized carbons (Fsp3) is 0.296. The van der Waals surface area contributed by atoms with Gasteiger partial charge in [-0.3, -0.25) is 0 Å². The van der Waals surface area contributed by atoms with Crippen molar-refractivity contribution in [2.24, 2.45) is 0 Å². The number of anilines is 1. The molecule has 172 valence electrons. The molecule has 1 aliphatic heterocycles. The van der Waals surface area contributed by atoms with Gasteiger partial charge in [0, 0.05) is 49.0 Å². The fourth-order valence-corrected chi connectivity index (χ4v) is 4.52. The Bertz CT molecular complexity index is 1220. The number of nitrogen functional groups attached to an aromatic ring is 1. The average molecular weight is 445 g/mol. The van der Waals surface area contributed by atoms with Crippen LogP contribution in [-0.4, -0.2) is 50.4 Å². The molecule has 33 heavy (non-hydrogen) atoms. The predicted molar refractivity (Wildman–Crippen MR) is 135 cm³/mol. The zero-order valence-corrected chi connectivity index (χ0v) is 18.0. The number of aliphatic hydroxyl groups excluding tert-OH is 1. The molecular weight excluding hydrogens is 412 g/mol. The van der Waals surface area contributed by atoms with E-state index in [1.165, 1.54) is 5.56 Å². The van der Waals surface area contributed by atoms with Gasteiger partial charge in [0.05, 0.1) is 11.5 Å². The first-order chi connectivity index (χ1) is 15.6. The van der Waals surface area contributed by atoms with Gasteiger partial charge in [-0.25, -0.2) is 4.98 Å². The Kier molecular flexibility index (Phi) is 6.67. The van der Waals surface area contributed by atoms with Gasteiger partial charge in [0.1, 0.15) is 11.4 Å². The largest absolute Gasteiger partial charge is 0.508 e. The molecule has 0 spiro atoms. The molecule has 1 fully saturated rings. The summed E-state index contributed by atoms with van der Waals surface area (Å²) in [5.74, 6) is 0.221. The van der Waals surface area contributed by atoms with Gasteiger partial charge in [-0.15, -0.1) is 0 Å². The second kappa shape index (κ2) is 9.65. The summed E-state index contributed by atoms with van der Waals surface area (Å²) >= 11 is 0. The van der Waals surface area contributed by atoms with Crippen LogP contribution in [0.3, 0.4) is 0 Å². The lowest BCUT2D eigenvalue weighted by molar-refractivity contribution is 0.0832. The summed E-state index contributed by atoms with van der Waals surface area (Å²) < 4.78 is 2.06. The van der Waals surface area contributed by atoms with E-state index in [0.717, 1.165) is 66.7 Å². The SMILES string of the molecule is C.Nc1ccnc2c1c(-c1cccc(O)c1)cn2-c1ccc(CCN2CCC(O)CC2)cc1. The topological polar surface area (TPSA) is 87.5 Å². The van der Waals surface area contributed by atoms with Crippen molar-refractivity contribution in [2.45, 2.75) is 32.8 Å². The lowest BCUT2D eigenvalue weighted by Crippen LogP contribution is -2.37. The van der Waals surface area contributed by atoms with E-state index in [9.17, 15) is 10.2 Å². The highest BCUT2D eigenvalue weighted by molar-refractivity contribution is 6.02. The molecule has 0 atom stereocenters. The van der Waals surface area contributed by atoms with E-state index >= 15 is 0 Å². The summed E-state index contributed by atoms with van der Waals surface area (Å²) in [5, 5.41) is 20.5. The Balaban J connectivity index is 0.00000259. The molecule has 2 aromatic carbocycles. The van der Waals surface area contributed by atoms with Crippen LogP contribution in [0.2, 0.25) is 0 Å². The van der Waals surface area contributed by atoms with Crippen LogP contribution in [0.5, 0.6) is 5.75 Å². The number of phenolic OH excluding ortho intramolecular Hbond substituents is 1. The molecule has 0 bridgehead atoms. The number of hydrogen-bond donors (Lipinski definition) is 3. The number of aromatic hydroxyl groups is 1. The van der Waals surface area contributed by atoms with Gasteiger partial charge in [-0.2, -0.15) is 0 Å². The molecule has 0 unspecified atom stereocenters. The normalized spacial score (nSPS) is 14.9. The Hall–Kier alpha value is -3.35. The van der Waals surface area contributed by atoms with Gasteiger partial charge in [0.15, 0.2) is 0 Å². The van der Waals surface area contributed by atoms with Crippen LogP contribution in [0.4, 0.5) is 5.69 Å². The van der Waals surface area contributed by atoms with E-state index in [-0.39, 0.29) is 19.3 Å². The number of rotatable bonds is 5. The van der Waals surface area contributed by atoms with Crippen LogP contribution < -0.4 is 5.73 Å². The molecule has 4 N–H and O–H groups in total. The summed E-state index contributed by atoms with van der Waals surface area (Å²) in [6, 6.07) is 17.6. The van der Waals surface area contributed by atoms with E-state index in [2.05, 4.69) is 38.7 Å². The van der Waals surface area contributed by atoms with Crippen LogP contribution in [0.15, 0.2) is 67.0 Å². The van der Waals surface area contributed by atoms with Crippen LogP contribution in [0.25, 0.3) is 27.8 Å². The van der Waals surface area contributed by atoms with E-state index in [1.807, 2.05) is 24.4 Å². The number of fused-ring (bicyclic) bond motifs is 1. The molecule has 0 aliphatic carbocycles. The second-order valence-electron chi connectivity index (χ2n) is 8.55. The molecule has 0 radical (unpaired) electrons. The van der Waals surface area contributed by atoms with E-state index in [4.69, 9.17) is 5.73 Å². The lowest BCUT2D eigenvalue weighted by Gasteiger charge is -2.29. The van der Waals surface area contributed by atoms with E-state index < -0.39 is 0 Å². The first-order valence-electron chi connectivity index (χ1n) is 11.1. The van der Waals surface area contributed by atoms with Crippen molar-refractivity contribution >= 4 is 16.7 Å². The quantitative estimate of drug-likeness (QED) is 0.418. The van der Waals surface area contributed by atoms with E-state index in [0.29, 0.717) is 5.69 Å². The number of benzene rings is 2. The number of nitrogens with zero attached hydrogens (tertiary/aromatic N) is 3. The molecule has 1 aliphatic rings. The first kappa shape index (κ1) is 22.8. The average Bonchev–Trinajstić information content (AvgIpc) is 3.20. The van der Waals surface area contributed by atoms with Gasteiger partial charge in [-0.05, 0) is 60.7 Å². The van der Waals surface area contributed by atoms with Gasteiger partial charge in [0.25, 0.3) is 0 Å². The second-order valence-corrected chi connectivity index (χ2v) is 8.55. The summed E-state index contributed by atoms with van der Waals surface area (Å²) in [4.78, 5) is 7.03. The van der Waals surface area contributed by atoms with Gasteiger partial charge in [-0.1, -0.05) is 31.7 Å². The molecule has 1 saturated heterocycles. The molecule has 4 aromatic rings. The summed E-state index contributed by atoms with van der Waals surface area (Å²) in [6.07, 6.45) is 6.37. The molecular formula is C27H32N4O2. The highest BCUT2D eigenvalue weighted by Crippen LogP contribution is 2.36. The molecule has 6 nitrogen and oxygen atoms in total. The minimum absolute atomic E-state index is 0. The highest BCUT2D eigenvalue weighted by Gasteiger charge is 2.17. The fourth-order valence-electron chi connectivity index (χ4n) is 4.52. The number of aromatic nitrogens is 2. The number of phenols is 1. The maximum Gasteiger partial charge on any atom is 0.147 e. The number of nitrogens with two attached hydrogens (primary N) is 1. The third-order valence-electron chi connectivity index (χ3n) is 6.36. The number of hydrogen-bond acceptors (Lipinski definition) is 5. The Morgan fingerprint density at radius 2 is 1.79 bits per heavy atom. The number of pyridine rings is 1. The Labute approximate surface area is 194 Å². The van der Waals surface area contributed by atoms with Gasteiger partial charge >= 0.3 is 0 Å². The number of likely N-dealkylation sites (tertiary alicyclic amines) is 1. The van der Waals surface area contributed by atoms with Crippen LogP contribution >= 0.6 is 0 Å². The minimum Gasteiger partial charge on any atom is -0.508 e. The molecule has 5 rings (SSSR count). The standard InChI is InChI=1S/C26H28N4O2.CH4/c27-24-8-12-28-26-25(24)23(19-2-1-3-22(32)16-19)17-30(26)20-6-4-18(5-7-20)9-13-29-14-10-21(31)11-15-29;/h1-8,12,16-17,21,31-32H,9-11,13-15H2,(H2,27,28);1H4. The predicted octanol–water partition coefficient (Wildman–Crippen LogP) is 4.62. The summed E-state index contributed by atoms with van der Waals surface area (Å²) in [6.45, 7) is 2.96. The number of piperidine rings is 1.